The van der Waals surface area contributed by atoms with Crippen molar-refractivity contribution in [2.45, 2.75) is 45.1 Å². The Bertz CT molecular complexity index is 339. The molecule has 122 valence electrons. The molecule has 5 nitrogen and oxygen atoms in total. The van der Waals surface area contributed by atoms with Crippen LogP contribution in [0.3, 0.4) is 0 Å². The number of carbonyl (C=O) groups excluding carboxylic acids is 1. The molecule has 2 N–H and O–H groups in total. The number of nitrogens with zero attached hydrogens (tertiary/aromatic N) is 2. The summed E-state index contributed by atoms with van der Waals surface area (Å²) < 4.78 is 5.82. The Morgan fingerprint density at radius 2 is 2.24 bits per heavy atom. The van der Waals surface area contributed by atoms with Crippen molar-refractivity contribution in [2.75, 3.05) is 39.8 Å². The number of likely N-dealkylation sites (tertiary alicyclic amines) is 1. The number of rotatable bonds is 9. The Labute approximate surface area is 133 Å². The van der Waals surface area contributed by atoms with Crippen LogP contribution in [0.25, 0.3) is 0 Å². The first-order chi connectivity index (χ1) is 10.0. The van der Waals surface area contributed by atoms with Crippen LogP contribution in [-0.2, 0) is 9.53 Å². The van der Waals surface area contributed by atoms with Gasteiger partial charge in [0.1, 0.15) is 0 Å². The fourth-order valence-corrected chi connectivity index (χ4v) is 2.58. The van der Waals surface area contributed by atoms with Gasteiger partial charge in [-0.15, -0.1) is 0 Å². The number of piperidine rings is 1. The Balaban J connectivity index is 2.23. The van der Waals surface area contributed by atoms with Crippen LogP contribution < -0.4 is 5.73 Å². The molecule has 1 rings (SSSR count). The fourth-order valence-electron chi connectivity index (χ4n) is 2.48. The maximum atomic E-state index is 12.0. The van der Waals surface area contributed by atoms with Crippen LogP contribution in [-0.4, -0.2) is 66.6 Å². The summed E-state index contributed by atoms with van der Waals surface area (Å²) >= 11 is 4.83. The highest BCUT2D eigenvalue weighted by molar-refractivity contribution is 7.80. The largest absolute Gasteiger partial charge is 0.393 e. The molecule has 0 aromatic rings. The Hall–Kier alpha value is -0.720. The number of nitrogens with two attached hydrogens (primary N) is 1. The number of amides is 1. The lowest BCUT2D eigenvalue weighted by molar-refractivity contribution is -0.130. The van der Waals surface area contributed by atoms with Gasteiger partial charge in [-0.2, -0.15) is 0 Å². The van der Waals surface area contributed by atoms with Crippen molar-refractivity contribution >= 4 is 23.1 Å². The standard InChI is InChI=1S/C15H29N3O2S/c1-3-11-20-13-5-4-8-18(12-13)10-7-15(19)17(2)9-6-14(16)21/h13H,3-12H2,1-2H3,(H2,16,21). The topological polar surface area (TPSA) is 58.8 Å². The van der Waals surface area contributed by atoms with Crippen LogP contribution >= 0.6 is 12.2 Å². The van der Waals surface area contributed by atoms with Crippen LogP contribution in [0.1, 0.15) is 39.0 Å². The monoisotopic (exact) mass is 315 g/mol. The smallest absolute Gasteiger partial charge is 0.223 e. The highest BCUT2D eigenvalue weighted by Crippen LogP contribution is 2.14. The van der Waals surface area contributed by atoms with E-state index in [2.05, 4.69) is 11.8 Å². The van der Waals surface area contributed by atoms with Gasteiger partial charge in [-0.3, -0.25) is 4.79 Å². The van der Waals surface area contributed by atoms with Gasteiger partial charge >= 0.3 is 0 Å². The molecular formula is C15H29N3O2S. The molecule has 1 unspecified atom stereocenters. The molecule has 0 saturated carbocycles. The third kappa shape index (κ3) is 7.74. The third-order valence-electron chi connectivity index (χ3n) is 3.78. The van der Waals surface area contributed by atoms with Gasteiger partial charge in [0.2, 0.25) is 5.91 Å². The molecule has 0 radical (unpaired) electrons. The lowest BCUT2D eigenvalue weighted by Crippen LogP contribution is -2.41. The zero-order chi connectivity index (χ0) is 15.7. The maximum absolute atomic E-state index is 12.0. The molecule has 0 aliphatic carbocycles. The molecule has 0 spiro atoms. The SMILES string of the molecule is CCCOC1CCCN(CCC(=O)N(C)CCC(N)=S)C1. The molecule has 1 amide bonds. The lowest BCUT2D eigenvalue weighted by atomic mass is 10.1. The van der Waals surface area contributed by atoms with Crippen molar-refractivity contribution in [1.29, 1.82) is 0 Å². The summed E-state index contributed by atoms with van der Waals surface area (Å²) in [6, 6.07) is 0. The van der Waals surface area contributed by atoms with Crippen LogP contribution in [0, 0.1) is 0 Å². The number of ether oxygens (including phenoxy) is 1. The molecule has 1 aliphatic heterocycles. The Kier molecular flexibility index (Phi) is 8.80. The van der Waals surface area contributed by atoms with Crippen LogP contribution in [0.5, 0.6) is 0 Å². The van der Waals surface area contributed by atoms with E-state index in [9.17, 15) is 4.79 Å². The minimum Gasteiger partial charge on any atom is -0.393 e. The molecule has 1 aliphatic rings. The van der Waals surface area contributed by atoms with Crippen molar-refractivity contribution in [3.8, 4) is 0 Å². The van der Waals surface area contributed by atoms with E-state index < -0.39 is 0 Å². The van der Waals surface area contributed by atoms with Gasteiger partial charge in [0.25, 0.3) is 0 Å². The second kappa shape index (κ2) is 10.1. The highest BCUT2D eigenvalue weighted by Gasteiger charge is 2.21. The predicted octanol–water partition coefficient (Wildman–Crippen LogP) is 1.40. The zero-order valence-corrected chi connectivity index (χ0v) is 14.2. The molecule has 6 heteroatoms. The molecule has 1 fully saturated rings. The summed E-state index contributed by atoms with van der Waals surface area (Å²) in [6.07, 6.45) is 4.82. The summed E-state index contributed by atoms with van der Waals surface area (Å²) in [5, 5.41) is 0. The molecule has 21 heavy (non-hydrogen) atoms. The Morgan fingerprint density at radius 1 is 1.48 bits per heavy atom. The summed E-state index contributed by atoms with van der Waals surface area (Å²) in [6.45, 7) is 6.39. The van der Waals surface area contributed by atoms with E-state index in [1.807, 2.05) is 7.05 Å². The molecule has 0 aromatic carbocycles. The average molecular weight is 315 g/mol. The summed E-state index contributed by atoms with van der Waals surface area (Å²) in [5.41, 5.74) is 5.46. The van der Waals surface area contributed by atoms with E-state index in [1.54, 1.807) is 4.90 Å². The van der Waals surface area contributed by atoms with Gasteiger partial charge in [0.05, 0.1) is 11.1 Å². The zero-order valence-electron chi connectivity index (χ0n) is 13.3. The van der Waals surface area contributed by atoms with Crippen molar-refractivity contribution in [2.24, 2.45) is 5.73 Å². The molecule has 1 atom stereocenters. The van der Waals surface area contributed by atoms with Gasteiger partial charge in [-0.05, 0) is 25.8 Å². The first-order valence-corrected chi connectivity index (χ1v) is 8.30. The minimum atomic E-state index is 0.155. The second-order valence-corrected chi connectivity index (χ2v) is 6.24. The van der Waals surface area contributed by atoms with E-state index in [-0.39, 0.29) is 5.91 Å². The number of hydrogen-bond donors (Lipinski definition) is 1. The van der Waals surface area contributed by atoms with Crippen LogP contribution in [0.15, 0.2) is 0 Å². The van der Waals surface area contributed by atoms with E-state index in [0.717, 1.165) is 45.5 Å². The van der Waals surface area contributed by atoms with Gasteiger partial charge in [0, 0.05) is 46.1 Å². The van der Waals surface area contributed by atoms with E-state index in [0.29, 0.717) is 30.5 Å². The molecule has 1 saturated heterocycles. The molecule has 1 heterocycles. The van der Waals surface area contributed by atoms with Gasteiger partial charge < -0.3 is 20.3 Å². The summed E-state index contributed by atoms with van der Waals surface area (Å²) in [5.74, 6) is 0.155. The van der Waals surface area contributed by atoms with Gasteiger partial charge in [0.15, 0.2) is 0 Å². The van der Waals surface area contributed by atoms with Crippen molar-refractivity contribution in [1.82, 2.24) is 9.80 Å². The fraction of sp³-hybridized carbons (Fsp3) is 0.867. The van der Waals surface area contributed by atoms with Crippen molar-refractivity contribution in [3.63, 3.8) is 0 Å². The summed E-state index contributed by atoms with van der Waals surface area (Å²) in [7, 11) is 1.81. The quantitative estimate of drug-likeness (QED) is 0.652. The first-order valence-electron chi connectivity index (χ1n) is 7.89. The van der Waals surface area contributed by atoms with E-state index >= 15 is 0 Å². The molecular weight excluding hydrogens is 286 g/mol. The molecule has 0 aromatic heterocycles. The summed E-state index contributed by atoms with van der Waals surface area (Å²) in [4.78, 5) is 16.5. The molecule has 0 bridgehead atoms. The predicted molar refractivity (Wildman–Crippen MR) is 89.4 cm³/mol. The van der Waals surface area contributed by atoms with Gasteiger partial charge in [-0.25, -0.2) is 0 Å². The average Bonchev–Trinajstić information content (AvgIpc) is 2.48. The number of thiocarbonyl (C=S) groups is 1. The van der Waals surface area contributed by atoms with Gasteiger partial charge in [-0.1, -0.05) is 19.1 Å². The lowest BCUT2D eigenvalue weighted by Gasteiger charge is -2.32. The van der Waals surface area contributed by atoms with Crippen LogP contribution in [0.4, 0.5) is 0 Å². The highest BCUT2D eigenvalue weighted by atomic mass is 32.1. The third-order valence-corrected chi connectivity index (χ3v) is 3.99. The van der Waals surface area contributed by atoms with E-state index in [4.69, 9.17) is 22.7 Å². The second-order valence-electron chi connectivity index (χ2n) is 5.72. The first kappa shape index (κ1) is 18.3. The maximum Gasteiger partial charge on any atom is 0.223 e. The normalized spacial score (nSPS) is 19.4. The van der Waals surface area contributed by atoms with Crippen molar-refractivity contribution < 1.29 is 9.53 Å². The minimum absolute atomic E-state index is 0.155. The number of hydrogen-bond acceptors (Lipinski definition) is 4. The van der Waals surface area contributed by atoms with E-state index in [1.165, 1.54) is 0 Å². The van der Waals surface area contributed by atoms with Crippen molar-refractivity contribution in [3.05, 3.63) is 0 Å². The van der Waals surface area contributed by atoms with Crippen LogP contribution in [0.2, 0.25) is 0 Å². The Morgan fingerprint density at radius 3 is 2.90 bits per heavy atom. The number of carbonyl (C=O) groups is 1.